The molecule has 0 saturated heterocycles. The van der Waals surface area contributed by atoms with Crippen LogP contribution in [0.15, 0.2) is 18.2 Å². The number of rotatable bonds is 7. The first-order valence-electron chi connectivity index (χ1n) is 6.57. The maximum Gasteiger partial charge on any atom is 0.270 e. The van der Waals surface area contributed by atoms with Gasteiger partial charge in [0.05, 0.1) is 4.92 Å². The van der Waals surface area contributed by atoms with Gasteiger partial charge in [0.25, 0.3) is 12.1 Å². The van der Waals surface area contributed by atoms with Crippen LogP contribution in [-0.4, -0.2) is 37.0 Å². The monoisotopic (exact) mass is 301 g/mol. The Morgan fingerprint density at radius 3 is 2.48 bits per heavy atom. The Morgan fingerprint density at radius 1 is 1.38 bits per heavy atom. The number of hydrogen-bond donors (Lipinski definition) is 1. The molecule has 1 aromatic rings. The highest BCUT2D eigenvalue weighted by Gasteiger charge is 2.22. The van der Waals surface area contributed by atoms with Gasteiger partial charge in [-0.25, -0.2) is 8.78 Å². The number of alkyl halides is 2. The minimum atomic E-state index is -2.76. The molecule has 0 aromatic heterocycles. The Labute approximate surface area is 123 Å². The van der Waals surface area contributed by atoms with Crippen molar-refractivity contribution in [2.24, 2.45) is 5.41 Å². The molecule has 0 aliphatic carbocycles. The van der Waals surface area contributed by atoms with E-state index in [1.807, 2.05) is 32.8 Å². The maximum atomic E-state index is 13.0. The van der Waals surface area contributed by atoms with Crippen molar-refractivity contribution in [3.05, 3.63) is 33.9 Å². The van der Waals surface area contributed by atoms with Crippen LogP contribution in [0.3, 0.4) is 0 Å². The number of benzene rings is 1. The number of hydrogen-bond acceptors (Lipinski definition) is 4. The van der Waals surface area contributed by atoms with Crippen LogP contribution in [0.2, 0.25) is 0 Å². The summed E-state index contributed by atoms with van der Waals surface area (Å²) in [6.07, 6.45) is -2.76. The molecule has 7 heteroatoms. The van der Waals surface area contributed by atoms with Crippen LogP contribution in [0.1, 0.15) is 25.8 Å². The van der Waals surface area contributed by atoms with Crippen molar-refractivity contribution >= 4 is 11.4 Å². The van der Waals surface area contributed by atoms with Gasteiger partial charge in [0.1, 0.15) is 0 Å². The van der Waals surface area contributed by atoms with Gasteiger partial charge >= 0.3 is 0 Å². The van der Waals surface area contributed by atoms with Gasteiger partial charge < -0.3 is 10.2 Å². The van der Waals surface area contributed by atoms with Crippen molar-refractivity contribution in [3.63, 3.8) is 0 Å². The summed E-state index contributed by atoms with van der Waals surface area (Å²) in [5, 5.41) is 13.6. The highest BCUT2D eigenvalue weighted by atomic mass is 19.3. The first-order valence-corrected chi connectivity index (χ1v) is 6.57. The molecule has 0 spiro atoms. The molecule has 1 N–H and O–H groups in total. The number of anilines is 1. The Bertz CT molecular complexity index is 505. The van der Waals surface area contributed by atoms with E-state index in [1.54, 1.807) is 0 Å². The molecule has 21 heavy (non-hydrogen) atoms. The van der Waals surface area contributed by atoms with Crippen molar-refractivity contribution in [2.45, 2.75) is 20.3 Å². The van der Waals surface area contributed by atoms with E-state index in [4.69, 9.17) is 0 Å². The highest BCUT2D eigenvalue weighted by molar-refractivity contribution is 5.56. The molecule has 0 fully saturated rings. The zero-order valence-corrected chi connectivity index (χ0v) is 12.7. The summed E-state index contributed by atoms with van der Waals surface area (Å²) in [6, 6.07) is 3.49. The van der Waals surface area contributed by atoms with Gasteiger partial charge in [-0.05, 0) is 25.6 Å². The second-order valence-corrected chi connectivity index (χ2v) is 6.08. The van der Waals surface area contributed by atoms with Gasteiger partial charge in [0.2, 0.25) is 0 Å². The third kappa shape index (κ3) is 5.26. The van der Waals surface area contributed by atoms with Crippen LogP contribution in [0.25, 0.3) is 0 Å². The van der Waals surface area contributed by atoms with E-state index in [0.29, 0.717) is 6.54 Å². The molecule has 0 amide bonds. The van der Waals surface area contributed by atoms with E-state index >= 15 is 0 Å². The first kappa shape index (κ1) is 17.3. The molecule has 0 radical (unpaired) electrons. The predicted octanol–water partition coefficient (Wildman–Crippen LogP) is 3.53. The third-order valence-corrected chi connectivity index (χ3v) is 2.98. The summed E-state index contributed by atoms with van der Waals surface area (Å²) in [7, 11) is 3.89. The maximum absolute atomic E-state index is 13.0. The summed E-state index contributed by atoms with van der Waals surface area (Å²) in [5.41, 5.74) is -0.555. The second kappa shape index (κ2) is 6.80. The topological polar surface area (TPSA) is 58.4 Å². The van der Waals surface area contributed by atoms with Gasteiger partial charge in [-0.1, -0.05) is 13.8 Å². The lowest BCUT2D eigenvalue weighted by Crippen LogP contribution is -2.34. The van der Waals surface area contributed by atoms with Crippen molar-refractivity contribution in [1.82, 2.24) is 4.90 Å². The molecule has 0 heterocycles. The fraction of sp³-hybridized carbons (Fsp3) is 0.571. The molecule has 0 atom stereocenters. The zero-order valence-electron chi connectivity index (χ0n) is 12.7. The normalized spacial score (nSPS) is 12.0. The summed E-state index contributed by atoms with van der Waals surface area (Å²) in [5.74, 6) is 0. The number of halogens is 2. The van der Waals surface area contributed by atoms with Crippen molar-refractivity contribution < 1.29 is 13.7 Å². The van der Waals surface area contributed by atoms with Gasteiger partial charge in [-0.3, -0.25) is 10.1 Å². The number of non-ortho nitro benzene ring substituents is 1. The Morgan fingerprint density at radius 2 is 2.00 bits per heavy atom. The second-order valence-electron chi connectivity index (χ2n) is 6.08. The summed E-state index contributed by atoms with van der Waals surface area (Å²) in [4.78, 5) is 12.0. The molecule has 118 valence electrons. The van der Waals surface area contributed by atoms with Gasteiger partial charge in [0.15, 0.2) is 0 Å². The average Bonchev–Trinajstić information content (AvgIpc) is 2.34. The predicted molar refractivity (Wildman–Crippen MR) is 78.9 cm³/mol. The van der Waals surface area contributed by atoms with Crippen LogP contribution in [-0.2, 0) is 0 Å². The lowest BCUT2D eigenvalue weighted by Gasteiger charge is -2.29. The van der Waals surface area contributed by atoms with E-state index in [2.05, 4.69) is 5.32 Å². The standard InChI is InChI=1S/C14H21F2N3O2/c1-14(2,9-18(3)4)8-17-12-6-5-10(19(20)21)7-11(12)13(15)16/h5-7,13,17H,8-9H2,1-4H3. The average molecular weight is 301 g/mol. The fourth-order valence-electron chi connectivity index (χ4n) is 2.25. The highest BCUT2D eigenvalue weighted by Crippen LogP contribution is 2.31. The smallest absolute Gasteiger partial charge is 0.270 e. The number of nitrogens with zero attached hydrogens (tertiary/aromatic N) is 2. The quantitative estimate of drug-likeness (QED) is 0.618. The van der Waals surface area contributed by atoms with E-state index in [1.165, 1.54) is 12.1 Å². The Hall–Kier alpha value is -1.76. The summed E-state index contributed by atoms with van der Waals surface area (Å²) < 4.78 is 26.1. The third-order valence-electron chi connectivity index (χ3n) is 2.98. The van der Waals surface area contributed by atoms with Gasteiger partial charge in [-0.15, -0.1) is 0 Å². The molecule has 1 aromatic carbocycles. The molecule has 0 unspecified atom stereocenters. The minimum absolute atomic E-state index is 0.120. The van der Waals surface area contributed by atoms with Crippen LogP contribution in [0.5, 0.6) is 0 Å². The molecule has 0 bridgehead atoms. The van der Waals surface area contributed by atoms with Crippen LogP contribution in [0, 0.1) is 15.5 Å². The van der Waals surface area contributed by atoms with Crippen LogP contribution >= 0.6 is 0 Å². The zero-order chi connectivity index (χ0) is 16.2. The molecular weight excluding hydrogens is 280 g/mol. The lowest BCUT2D eigenvalue weighted by atomic mass is 9.92. The molecule has 0 aliphatic heterocycles. The number of nitrogens with one attached hydrogen (secondary N) is 1. The van der Waals surface area contributed by atoms with E-state index in [0.717, 1.165) is 12.6 Å². The molecule has 5 nitrogen and oxygen atoms in total. The molecule has 0 saturated carbocycles. The molecule has 0 aliphatic rings. The fourth-order valence-corrected chi connectivity index (χ4v) is 2.25. The summed E-state index contributed by atoms with van der Waals surface area (Å²) in [6.45, 7) is 5.32. The SMILES string of the molecule is CN(C)CC(C)(C)CNc1ccc([N+](=O)[O-])cc1C(F)F. The van der Waals surface area contributed by atoms with E-state index < -0.39 is 11.3 Å². The van der Waals surface area contributed by atoms with Crippen LogP contribution in [0.4, 0.5) is 20.2 Å². The molecule has 1 rings (SSSR count). The first-order chi connectivity index (χ1) is 9.62. The van der Waals surface area contributed by atoms with E-state index in [-0.39, 0.29) is 22.4 Å². The Balaban J connectivity index is 2.90. The van der Waals surface area contributed by atoms with Crippen molar-refractivity contribution in [3.8, 4) is 0 Å². The molecular formula is C14H21F2N3O2. The van der Waals surface area contributed by atoms with Gasteiger partial charge in [-0.2, -0.15) is 0 Å². The number of nitro benzene ring substituents is 1. The van der Waals surface area contributed by atoms with Crippen LogP contribution < -0.4 is 5.32 Å². The minimum Gasteiger partial charge on any atom is -0.384 e. The number of nitro groups is 1. The van der Waals surface area contributed by atoms with Crippen molar-refractivity contribution in [1.29, 1.82) is 0 Å². The van der Waals surface area contributed by atoms with Crippen molar-refractivity contribution in [2.75, 3.05) is 32.5 Å². The van der Waals surface area contributed by atoms with Gasteiger partial charge in [0, 0.05) is 36.5 Å². The van der Waals surface area contributed by atoms with E-state index in [9.17, 15) is 18.9 Å². The lowest BCUT2D eigenvalue weighted by molar-refractivity contribution is -0.385. The largest absolute Gasteiger partial charge is 0.384 e. The summed E-state index contributed by atoms with van der Waals surface area (Å²) >= 11 is 0. The Kier molecular flexibility index (Phi) is 5.60.